The van der Waals surface area contributed by atoms with Crippen molar-refractivity contribution in [2.75, 3.05) is 14.2 Å². The Labute approximate surface area is 89.0 Å². The van der Waals surface area contributed by atoms with Crippen LogP contribution in [0.15, 0.2) is 5.57 Å². The molecular formula is C8H10F3NO4. The van der Waals surface area contributed by atoms with Gasteiger partial charge in [-0.25, -0.2) is 9.59 Å². The Kier molecular flexibility index (Phi) is 4.67. The predicted molar refractivity (Wildman–Crippen MR) is 45.8 cm³/mol. The normalized spacial score (nSPS) is 14.9. The fourth-order valence-corrected chi connectivity index (χ4v) is 0.925. The Morgan fingerprint density at radius 1 is 1.38 bits per heavy atom. The molecule has 0 aliphatic heterocycles. The average molecular weight is 241 g/mol. The predicted octanol–water partition coefficient (Wildman–Crippen LogP) is 0.171. The standard InChI is InChI=1S/C8H10F3NO4/c1-15-6(14)8(12,16-2)5(4-13)3-7(9,10)11/h3,12H2,1-2H3. The number of rotatable bonds is 4. The number of carbonyl (C=O) groups is 1. The molecule has 0 aromatic heterocycles. The zero-order valence-electron chi connectivity index (χ0n) is 8.55. The van der Waals surface area contributed by atoms with Crippen molar-refractivity contribution < 1.29 is 32.2 Å². The first kappa shape index (κ1) is 14.6. The van der Waals surface area contributed by atoms with E-state index < -0.39 is 29.9 Å². The van der Waals surface area contributed by atoms with Gasteiger partial charge in [0, 0.05) is 7.11 Å². The molecule has 0 aromatic rings. The van der Waals surface area contributed by atoms with Crippen molar-refractivity contribution in [2.24, 2.45) is 5.73 Å². The lowest BCUT2D eigenvalue weighted by Crippen LogP contribution is -2.53. The summed E-state index contributed by atoms with van der Waals surface area (Å²) in [5.41, 5.74) is 1.58. The Balaban J connectivity index is 5.22. The molecule has 0 aliphatic rings. The van der Waals surface area contributed by atoms with E-state index in [0.29, 0.717) is 0 Å². The molecule has 0 bridgehead atoms. The number of esters is 1. The van der Waals surface area contributed by atoms with E-state index >= 15 is 0 Å². The van der Waals surface area contributed by atoms with Gasteiger partial charge in [-0.15, -0.1) is 0 Å². The third-order valence-electron chi connectivity index (χ3n) is 1.76. The Bertz CT molecular complexity index is 322. The van der Waals surface area contributed by atoms with Gasteiger partial charge in [0.25, 0.3) is 0 Å². The van der Waals surface area contributed by atoms with E-state index in [4.69, 9.17) is 5.73 Å². The summed E-state index contributed by atoms with van der Waals surface area (Å²) in [5, 5.41) is 0. The Morgan fingerprint density at radius 3 is 2.12 bits per heavy atom. The minimum Gasteiger partial charge on any atom is -0.466 e. The van der Waals surface area contributed by atoms with Crippen LogP contribution in [-0.2, 0) is 19.1 Å². The largest absolute Gasteiger partial charge is 0.466 e. The molecule has 0 fully saturated rings. The summed E-state index contributed by atoms with van der Waals surface area (Å²) >= 11 is 0. The molecular weight excluding hydrogens is 231 g/mol. The molecule has 1 unspecified atom stereocenters. The lowest BCUT2D eigenvalue weighted by atomic mass is 10.0. The van der Waals surface area contributed by atoms with E-state index in [2.05, 4.69) is 9.47 Å². The fourth-order valence-electron chi connectivity index (χ4n) is 0.925. The van der Waals surface area contributed by atoms with Crippen molar-refractivity contribution >= 4 is 11.9 Å². The van der Waals surface area contributed by atoms with E-state index in [1.54, 1.807) is 0 Å². The highest BCUT2D eigenvalue weighted by atomic mass is 19.4. The van der Waals surface area contributed by atoms with E-state index in [0.717, 1.165) is 20.2 Å². The van der Waals surface area contributed by atoms with Crippen molar-refractivity contribution in [2.45, 2.75) is 18.3 Å². The second-order valence-corrected chi connectivity index (χ2v) is 2.80. The summed E-state index contributed by atoms with van der Waals surface area (Å²) in [6.07, 6.45) is -6.40. The van der Waals surface area contributed by atoms with Crippen LogP contribution in [0.4, 0.5) is 13.2 Å². The van der Waals surface area contributed by atoms with Crippen molar-refractivity contribution in [3.05, 3.63) is 5.57 Å². The smallest absolute Gasteiger partial charge is 0.393 e. The molecule has 0 rings (SSSR count). The molecule has 92 valence electrons. The van der Waals surface area contributed by atoms with Gasteiger partial charge in [0.15, 0.2) is 0 Å². The highest BCUT2D eigenvalue weighted by Crippen LogP contribution is 2.29. The highest BCUT2D eigenvalue weighted by molar-refractivity contribution is 5.86. The number of methoxy groups -OCH3 is 2. The number of ether oxygens (including phenoxy) is 2. The lowest BCUT2D eigenvalue weighted by molar-refractivity contribution is -0.164. The van der Waals surface area contributed by atoms with Gasteiger partial charge in [-0.2, -0.15) is 13.2 Å². The van der Waals surface area contributed by atoms with Gasteiger partial charge in [-0.3, -0.25) is 5.73 Å². The van der Waals surface area contributed by atoms with Crippen molar-refractivity contribution in [1.82, 2.24) is 0 Å². The summed E-state index contributed by atoms with van der Waals surface area (Å²) in [4.78, 5) is 21.5. The van der Waals surface area contributed by atoms with Gasteiger partial charge < -0.3 is 9.47 Å². The van der Waals surface area contributed by atoms with Crippen LogP contribution in [0.3, 0.4) is 0 Å². The van der Waals surface area contributed by atoms with Gasteiger partial charge in [-0.05, 0) is 0 Å². The molecule has 0 radical (unpaired) electrons. The second-order valence-electron chi connectivity index (χ2n) is 2.80. The molecule has 0 aromatic carbocycles. The number of hydrogen-bond donors (Lipinski definition) is 1. The average Bonchev–Trinajstić information content (AvgIpc) is 2.22. The van der Waals surface area contributed by atoms with Gasteiger partial charge in [0.2, 0.25) is 5.72 Å². The van der Waals surface area contributed by atoms with Crippen molar-refractivity contribution in [1.29, 1.82) is 0 Å². The van der Waals surface area contributed by atoms with Gasteiger partial charge in [-0.1, -0.05) is 0 Å². The highest BCUT2D eigenvalue weighted by Gasteiger charge is 2.45. The number of hydrogen-bond acceptors (Lipinski definition) is 5. The molecule has 0 amide bonds. The maximum atomic E-state index is 12.1. The van der Waals surface area contributed by atoms with Crippen LogP contribution in [0.25, 0.3) is 0 Å². The molecule has 0 heterocycles. The van der Waals surface area contributed by atoms with Crippen molar-refractivity contribution in [3.8, 4) is 0 Å². The summed E-state index contributed by atoms with van der Waals surface area (Å²) in [6.45, 7) is 0. The maximum absolute atomic E-state index is 12.1. The summed E-state index contributed by atoms with van der Waals surface area (Å²) in [5.74, 6) is -0.347. The van der Waals surface area contributed by atoms with Crippen LogP contribution in [0.1, 0.15) is 6.42 Å². The van der Waals surface area contributed by atoms with Crippen LogP contribution in [-0.4, -0.2) is 38.0 Å². The summed E-state index contributed by atoms with van der Waals surface area (Å²) < 4.78 is 44.7. The first-order chi connectivity index (χ1) is 7.21. The van der Waals surface area contributed by atoms with Crippen molar-refractivity contribution in [3.63, 3.8) is 0 Å². The number of alkyl halides is 3. The second kappa shape index (κ2) is 5.11. The molecule has 8 heteroatoms. The van der Waals surface area contributed by atoms with E-state index in [1.807, 2.05) is 0 Å². The molecule has 2 N–H and O–H groups in total. The fraction of sp³-hybridized carbons (Fsp3) is 0.625. The quantitative estimate of drug-likeness (QED) is 0.431. The van der Waals surface area contributed by atoms with Crippen LogP contribution < -0.4 is 5.73 Å². The van der Waals surface area contributed by atoms with Crippen LogP contribution in [0, 0.1) is 0 Å². The topological polar surface area (TPSA) is 78.6 Å². The SMILES string of the molecule is COC(=O)C(N)(OC)C(=C=O)CC(F)(F)F. The summed E-state index contributed by atoms with van der Waals surface area (Å²) in [7, 11) is 1.78. The maximum Gasteiger partial charge on any atom is 0.393 e. The van der Waals surface area contributed by atoms with Gasteiger partial charge in [0.1, 0.15) is 5.94 Å². The number of carbonyl (C=O) groups excluding carboxylic acids is 2. The third-order valence-corrected chi connectivity index (χ3v) is 1.76. The molecule has 0 aliphatic carbocycles. The first-order valence-electron chi connectivity index (χ1n) is 3.95. The monoisotopic (exact) mass is 241 g/mol. The van der Waals surface area contributed by atoms with Crippen LogP contribution in [0.2, 0.25) is 0 Å². The number of nitrogens with two attached hydrogens (primary N) is 1. The minimum atomic E-state index is -4.70. The zero-order chi connectivity index (χ0) is 13.0. The van der Waals surface area contributed by atoms with Crippen LogP contribution >= 0.6 is 0 Å². The van der Waals surface area contributed by atoms with E-state index in [-0.39, 0.29) is 0 Å². The molecule has 0 saturated heterocycles. The van der Waals surface area contributed by atoms with E-state index in [1.165, 1.54) is 0 Å². The molecule has 5 nitrogen and oxygen atoms in total. The van der Waals surface area contributed by atoms with Gasteiger partial charge in [0.05, 0.1) is 19.1 Å². The van der Waals surface area contributed by atoms with E-state index in [9.17, 15) is 22.8 Å². The molecule has 0 saturated carbocycles. The summed E-state index contributed by atoms with van der Waals surface area (Å²) in [6, 6.07) is 0. The zero-order valence-corrected chi connectivity index (χ0v) is 8.55. The van der Waals surface area contributed by atoms with Gasteiger partial charge >= 0.3 is 12.1 Å². The molecule has 1 atom stereocenters. The Hall–Kier alpha value is -1.37. The number of halogens is 3. The first-order valence-corrected chi connectivity index (χ1v) is 3.95. The lowest BCUT2D eigenvalue weighted by Gasteiger charge is -2.25. The molecule has 0 spiro atoms. The van der Waals surface area contributed by atoms with Crippen LogP contribution in [0.5, 0.6) is 0 Å². The Morgan fingerprint density at radius 2 is 1.88 bits per heavy atom. The minimum absolute atomic E-state index is 0.880. The third kappa shape index (κ3) is 3.34. The molecule has 16 heavy (non-hydrogen) atoms.